The van der Waals surface area contributed by atoms with Crippen LogP contribution in [-0.2, 0) is 14.4 Å². The van der Waals surface area contributed by atoms with E-state index in [0.29, 0.717) is 16.5 Å². The lowest BCUT2D eigenvalue weighted by Crippen LogP contribution is -2.13. The van der Waals surface area contributed by atoms with E-state index in [1.54, 1.807) is 41.8 Å². The Morgan fingerprint density at radius 2 is 1.87 bits per heavy atom. The maximum Gasteiger partial charge on any atom is 0.328 e. The Hall–Kier alpha value is -3.50. The summed E-state index contributed by atoms with van der Waals surface area (Å²) in [6.45, 7) is 0. The van der Waals surface area contributed by atoms with Crippen molar-refractivity contribution >= 4 is 51.7 Å². The van der Waals surface area contributed by atoms with Crippen molar-refractivity contribution in [3.05, 3.63) is 71.9 Å². The summed E-state index contributed by atoms with van der Waals surface area (Å²) >= 11 is 2.54. The van der Waals surface area contributed by atoms with Crippen molar-refractivity contribution < 1.29 is 23.9 Å². The molecular formula is C21H16FN3O4S2. The fourth-order valence-corrected chi connectivity index (χ4v) is 3.87. The second kappa shape index (κ2) is 10.5. The van der Waals surface area contributed by atoms with E-state index in [1.807, 2.05) is 0 Å². The SMILES string of the molecule is O=C(O)/C=C/C(=O)Nc1cccc(SCC(=O)Nc2nc(-c3ccc(F)cc3)cs2)c1. The zero-order valence-electron chi connectivity index (χ0n) is 15.9. The third-order valence-corrected chi connectivity index (χ3v) is 5.49. The highest BCUT2D eigenvalue weighted by Crippen LogP contribution is 2.26. The summed E-state index contributed by atoms with van der Waals surface area (Å²) in [6, 6.07) is 12.8. The fourth-order valence-electron chi connectivity index (χ4n) is 2.38. The summed E-state index contributed by atoms with van der Waals surface area (Å²) in [5.41, 5.74) is 1.88. The Morgan fingerprint density at radius 1 is 1.10 bits per heavy atom. The molecule has 0 saturated carbocycles. The first-order chi connectivity index (χ1) is 14.9. The van der Waals surface area contributed by atoms with E-state index in [-0.39, 0.29) is 17.5 Å². The van der Waals surface area contributed by atoms with Crippen LogP contribution in [0.25, 0.3) is 11.3 Å². The highest BCUT2D eigenvalue weighted by molar-refractivity contribution is 8.00. The number of halogens is 1. The molecule has 0 saturated heterocycles. The second-order valence-corrected chi connectivity index (χ2v) is 7.98. The van der Waals surface area contributed by atoms with Gasteiger partial charge in [-0.1, -0.05) is 6.07 Å². The third kappa shape index (κ3) is 7.05. The summed E-state index contributed by atoms with van der Waals surface area (Å²) in [4.78, 5) is 39.4. The second-order valence-electron chi connectivity index (χ2n) is 6.07. The predicted molar refractivity (Wildman–Crippen MR) is 119 cm³/mol. The molecule has 3 rings (SSSR count). The molecule has 10 heteroatoms. The number of carbonyl (C=O) groups excluding carboxylic acids is 2. The smallest absolute Gasteiger partial charge is 0.328 e. The number of aromatic nitrogens is 1. The molecule has 1 aromatic heterocycles. The Kier molecular flexibility index (Phi) is 7.52. The van der Waals surface area contributed by atoms with Crippen LogP contribution in [0.3, 0.4) is 0 Å². The molecule has 1 heterocycles. The molecule has 2 amide bonds. The molecule has 0 radical (unpaired) electrons. The quantitative estimate of drug-likeness (QED) is 0.345. The van der Waals surface area contributed by atoms with E-state index in [2.05, 4.69) is 15.6 Å². The van der Waals surface area contributed by atoms with Gasteiger partial charge in [-0.05, 0) is 42.5 Å². The zero-order valence-corrected chi connectivity index (χ0v) is 17.5. The summed E-state index contributed by atoms with van der Waals surface area (Å²) < 4.78 is 13.0. The number of carboxylic acid groups (broad SMARTS) is 1. The number of benzene rings is 2. The first-order valence-corrected chi connectivity index (χ1v) is 10.7. The van der Waals surface area contributed by atoms with Gasteiger partial charge in [-0.15, -0.1) is 23.1 Å². The van der Waals surface area contributed by atoms with Crippen LogP contribution in [0.5, 0.6) is 0 Å². The lowest BCUT2D eigenvalue weighted by atomic mass is 10.2. The van der Waals surface area contributed by atoms with Gasteiger partial charge >= 0.3 is 5.97 Å². The van der Waals surface area contributed by atoms with Crippen LogP contribution in [0.4, 0.5) is 15.2 Å². The van der Waals surface area contributed by atoms with E-state index >= 15 is 0 Å². The summed E-state index contributed by atoms with van der Waals surface area (Å²) in [7, 11) is 0. The van der Waals surface area contributed by atoms with E-state index in [9.17, 15) is 18.8 Å². The van der Waals surface area contributed by atoms with Gasteiger partial charge in [-0.3, -0.25) is 9.59 Å². The number of hydrogen-bond acceptors (Lipinski definition) is 6. The monoisotopic (exact) mass is 457 g/mol. The fraction of sp³-hybridized carbons (Fsp3) is 0.0476. The van der Waals surface area contributed by atoms with Gasteiger partial charge in [0.25, 0.3) is 0 Å². The number of nitrogens with one attached hydrogen (secondary N) is 2. The average molecular weight is 458 g/mol. The lowest BCUT2D eigenvalue weighted by Gasteiger charge is -2.06. The minimum Gasteiger partial charge on any atom is -0.478 e. The summed E-state index contributed by atoms with van der Waals surface area (Å²) in [5.74, 6) is -2.23. The van der Waals surface area contributed by atoms with Crippen LogP contribution in [0.2, 0.25) is 0 Å². The molecule has 0 bridgehead atoms. The molecule has 0 atom stereocenters. The van der Waals surface area contributed by atoms with E-state index in [4.69, 9.17) is 5.11 Å². The van der Waals surface area contributed by atoms with Crippen molar-refractivity contribution in [2.45, 2.75) is 4.90 Å². The minimum atomic E-state index is -1.21. The van der Waals surface area contributed by atoms with Crippen molar-refractivity contribution in [1.29, 1.82) is 0 Å². The van der Waals surface area contributed by atoms with Gasteiger partial charge in [-0.25, -0.2) is 14.2 Å². The number of rotatable bonds is 8. The van der Waals surface area contributed by atoms with E-state index in [0.717, 1.165) is 22.6 Å². The van der Waals surface area contributed by atoms with Gasteiger partial charge in [-0.2, -0.15) is 0 Å². The molecule has 0 unspecified atom stereocenters. The lowest BCUT2D eigenvalue weighted by molar-refractivity contribution is -0.131. The largest absolute Gasteiger partial charge is 0.478 e. The van der Waals surface area contributed by atoms with Crippen molar-refractivity contribution in [2.24, 2.45) is 0 Å². The van der Waals surface area contributed by atoms with Crippen LogP contribution < -0.4 is 10.6 Å². The van der Waals surface area contributed by atoms with Gasteiger partial charge in [0.2, 0.25) is 11.8 Å². The number of nitrogens with zero attached hydrogens (tertiary/aromatic N) is 1. The molecule has 3 aromatic rings. The van der Waals surface area contributed by atoms with E-state index in [1.165, 1.54) is 35.2 Å². The molecule has 158 valence electrons. The molecule has 31 heavy (non-hydrogen) atoms. The first kappa shape index (κ1) is 22.2. The van der Waals surface area contributed by atoms with Gasteiger partial charge in [0.1, 0.15) is 5.82 Å². The van der Waals surface area contributed by atoms with Crippen LogP contribution in [0.15, 0.2) is 71.0 Å². The Bertz CT molecular complexity index is 1130. The highest BCUT2D eigenvalue weighted by atomic mass is 32.2. The van der Waals surface area contributed by atoms with E-state index < -0.39 is 11.9 Å². The van der Waals surface area contributed by atoms with Crippen LogP contribution in [0.1, 0.15) is 0 Å². The number of hydrogen-bond donors (Lipinski definition) is 3. The number of anilines is 2. The van der Waals surface area contributed by atoms with Gasteiger partial charge in [0, 0.05) is 33.7 Å². The molecule has 3 N–H and O–H groups in total. The number of thioether (sulfide) groups is 1. The molecule has 0 fully saturated rings. The summed E-state index contributed by atoms with van der Waals surface area (Å²) in [5, 5.41) is 16.0. The maximum atomic E-state index is 13.0. The standard InChI is InChI=1S/C21H16FN3O4S2/c22-14-6-4-13(5-7-14)17-11-31-21(24-17)25-19(27)12-30-16-3-1-2-15(10-16)23-18(26)8-9-20(28)29/h1-11H,12H2,(H,23,26)(H,28,29)(H,24,25,27)/b9-8+. The predicted octanol–water partition coefficient (Wildman–Crippen LogP) is 4.26. The zero-order chi connectivity index (χ0) is 22.2. The van der Waals surface area contributed by atoms with Crippen LogP contribution in [0, 0.1) is 5.82 Å². The van der Waals surface area contributed by atoms with Crippen molar-refractivity contribution in [1.82, 2.24) is 4.98 Å². The highest BCUT2D eigenvalue weighted by Gasteiger charge is 2.09. The molecule has 0 spiro atoms. The molecule has 7 nitrogen and oxygen atoms in total. The van der Waals surface area contributed by atoms with Gasteiger partial charge in [0.15, 0.2) is 5.13 Å². The Labute approximate surface area is 185 Å². The molecular weight excluding hydrogens is 441 g/mol. The molecule has 0 aliphatic carbocycles. The molecule has 2 aromatic carbocycles. The first-order valence-electron chi connectivity index (χ1n) is 8.85. The minimum absolute atomic E-state index is 0.127. The number of aliphatic carboxylic acids is 1. The molecule has 0 aliphatic heterocycles. The van der Waals surface area contributed by atoms with Crippen molar-refractivity contribution in [3.63, 3.8) is 0 Å². The van der Waals surface area contributed by atoms with Crippen LogP contribution in [-0.4, -0.2) is 33.6 Å². The van der Waals surface area contributed by atoms with Gasteiger partial charge < -0.3 is 15.7 Å². The average Bonchev–Trinajstić information content (AvgIpc) is 3.20. The van der Waals surface area contributed by atoms with Crippen molar-refractivity contribution in [2.75, 3.05) is 16.4 Å². The number of thiazole rings is 1. The van der Waals surface area contributed by atoms with Crippen molar-refractivity contribution in [3.8, 4) is 11.3 Å². The molecule has 0 aliphatic rings. The normalized spacial score (nSPS) is 10.7. The topological polar surface area (TPSA) is 108 Å². The summed E-state index contributed by atoms with van der Waals surface area (Å²) in [6.07, 6.45) is 1.67. The number of amides is 2. The Balaban J connectivity index is 1.52. The number of carbonyl (C=O) groups is 3. The Morgan fingerprint density at radius 3 is 2.61 bits per heavy atom. The maximum absolute atomic E-state index is 13.0. The van der Waals surface area contributed by atoms with Crippen LogP contribution >= 0.6 is 23.1 Å². The third-order valence-electron chi connectivity index (χ3n) is 3.74. The van der Waals surface area contributed by atoms with Gasteiger partial charge in [0.05, 0.1) is 11.4 Å². The number of carboxylic acids is 1.